The zero-order valence-corrected chi connectivity index (χ0v) is 8.23. The average Bonchev–Trinajstić information content (AvgIpc) is 2.09. The zero-order chi connectivity index (χ0) is 9.68. The predicted octanol–water partition coefficient (Wildman–Crippen LogP) is 1.69. The van der Waals surface area contributed by atoms with Crippen molar-refractivity contribution >= 4 is 29.2 Å². The highest BCUT2D eigenvalue weighted by Gasteiger charge is 1.98. The van der Waals surface area contributed by atoms with Crippen LogP contribution in [0.5, 0.6) is 0 Å². The van der Waals surface area contributed by atoms with E-state index in [-0.39, 0.29) is 11.1 Å². The molecule has 0 aliphatic heterocycles. The average molecular weight is 216 g/mol. The fourth-order valence-corrected chi connectivity index (χ4v) is 0.940. The molecule has 0 saturated heterocycles. The van der Waals surface area contributed by atoms with Crippen LogP contribution in [0.15, 0.2) is 6.20 Å². The number of hydrogen-bond donors (Lipinski definition) is 1. The molecule has 68 valence electrons. The molecular formula is C8H7Cl2N3. The van der Waals surface area contributed by atoms with Crippen molar-refractivity contribution in [1.82, 2.24) is 9.97 Å². The summed E-state index contributed by atoms with van der Waals surface area (Å²) >= 11 is 11.2. The first-order chi connectivity index (χ1) is 6.24. The monoisotopic (exact) mass is 215 g/mol. The van der Waals surface area contributed by atoms with Gasteiger partial charge in [0.25, 0.3) is 0 Å². The van der Waals surface area contributed by atoms with Crippen molar-refractivity contribution < 1.29 is 0 Å². The number of hydrogen-bond acceptors (Lipinski definition) is 3. The number of nitrogen functional groups attached to an aromatic ring is 1. The van der Waals surface area contributed by atoms with Gasteiger partial charge in [0.15, 0.2) is 0 Å². The van der Waals surface area contributed by atoms with E-state index in [9.17, 15) is 0 Å². The molecular weight excluding hydrogens is 209 g/mol. The third-order valence-electron chi connectivity index (χ3n) is 1.20. The molecule has 0 atom stereocenters. The Morgan fingerprint density at radius 1 is 1.54 bits per heavy atom. The van der Waals surface area contributed by atoms with Gasteiger partial charge < -0.3 is 5.73 Å². The minimum atomic E-state index is 0.146. The zero-order valence-electron chi connectivity index (χ0n) is 6.72. The van der Waals surface area contributed by atoms with E-state index in [1.54, 1.807) is 0 Å². The molecule has 1 aromatic rings. The predicted molar refractivity (Wildman–Crippen MR) is 53.7 cm³/mol. The molecule has 1 aromatic heterocycles. The molecule has 13 heavy (non-hydrogen) atoms. The molecule has 0 aromatic carbocycles. The summed E-state index contributed by atoms with van der Waals surface area (Å²) in [5, 5.41) is 0.273. The molecule has 5 heteroatoms. The summed E-state index contributed by atoms with van der Waals surface area (Å²) in [5.41, 5.74) is 5.88. The van der Waals surface area contributed by atoms with Gasteiger partial charge in [0.1, 0.15) is 5.15 Å². The Bertz CT molecular complexity index is 354. The number of alkyl halides is 1. The summed E-state index contributed by atoms with van der Waals surface area (Å²) < 4.78 is 0. The van der Waals surface area contributed by atoms with E-state index in [0.717, 1.165) is 0 Å². The van der Waals surface area contributed by atoms with Crippen molar-refractivity contribution in [2.45, 2.75) is 6.42 Å². The minimum absolute atomic E-state index is 0.146. The lowest BCUT2D eigenvalue weighted by atomic mass is 10.3. The second-order valence-electron chi connectivity index (χ2n) is 2.17. The largest absolute Gasteiger partial charge is 0.368 e. The van der Waals surface area contributed by atoms with Gasteiger partial charge >= 0.3 is 0 Å². The first kappa shape index (κ1) is 10.1. The Morgan fingerprint density at radius 3 is 2.92 bits per heavy atom. The smallest absolute Gasteiger partial charge is 0.221 e. The van der Waals surface area contributed by atoms with Crippen LogP contribution in [0.1, 0.15) is 12.0 Å². The van der Waals surface area contributed by atoms with Crippen molar-refractivity contribution in [2.24, 2.45) is 0 Å². The Morgan fingerprint density at radius 2 is 2.31 bits per heavy atom. The maximum absolute atomic E-state index is 5.74. The molecule has 3 nitrogen and oxygen atoms in total. The van der Waals surface area contributed by atoms with E-state index in [0.29, 0.717) is 17.9 Å². The topological polar surface area (TPSA) is 51.8 Å². The van der Waals surface area contributed by atoms with Gasteiger partial charge in [-0.2, -0.15) is 4.98 Å². The third-order valence-corrected chi connectivity index (χ3v) is 1.68. The van der Waals surface area contributed by atoms with Crippen LogP contribution in [0.4, 0.5) is 5.95 Å². The van der Waals surface area contributed by atoms with E-state index in [2.05, 4.69) is 21.8 Å². The first-order valence-electron chi connectivity index (χ1n) is 3.57. The number of halogens is 2. The standard InChI is InChI=1S/C8H7Cl2N3/c9-4-2-1-3-6-5-12-8(11)13-7(6)10/h5H,2,4H2,(H2,11,12,13). The van der Waals surface area contributed by atoms with E-state index in [1.165, 1.54) is 6.20 Å². The highest BCUT2D eigenvalue weighted by molar-refractivity contribution is 6.30. The lowest BCUT2D eigenvalue weighted by Gasteiger charge is -1.94. The molecule has 0 aliphatic carbocycles. The Hall–Kier alpha value is -0.980. The van der Waals surface area contributed by atoms with Crippen LogP contribution in [0.25, 0.3) is 0 Å². The van der Waals surface area contributed by atoms with Gasteiger partial charge in [0.05, 0.1) is 5.56 Å². The van der Waals surface area contributed by atoms with Gasteiger partial charge in [-0.1, -0.05) is 23.4 Å². The highest BCUT2D eigenvalue weighted by Crippen LogP contribution is 2.10. The van der Waals surface area contributed by atoms with Crippen LogP contribution < -0.4 is 5.73 Å². The van der Waals surface area contributed by atoms with Gasteiger partial charge in [0.2, 0.25) is 5.95 Å². The van der Waals surface area contributed by atoms with Gasteiger partial charge in [-0.25, -0.2) is 4.98 Å². The van der Waals surface area contributed by atoms with Gasteiger partial charge in [-0.05, 0) is 0 Å². The van der Waals surface area contributed by atoms with Crippen LogP contribution in [0, 0.1) is 11.8 Å². The third kappa shape index (κ3) is 3.10. The summed E-state index contributed by atoms with van der Waals surface area (Å²) in [7, 11) is 0. The van der Waals surface area contributed by atoms with Crippen molar-refractivity contribution in [3.63, 3.8) is 0 Å². The number of anilines is 1. The van der Waals surface area contributed by atoms with E-state index in [1.807, 2.05) is 0 Å². The second-order valence-corrected chi connectivity index (χ2v) is 2.91. The van der Waals surface area contributed by atoms with Crippen LogP contribution in [0.3, 0.4) is 0 Å². The summed E-state index contributed by atoms with van der Waals surface area (Å²) in [6.45, 7) is 0. The molecule has 0 aliphatic rings. The lowest BCUT2D eigenvalue weighted by Crippen LogP contribution is -1.95. The number of aromatic nitrogens is 2. The van der Waals surface area contributed by atoms with Crippen LogP contribution in [0.2, 0.25) is 5.15 Å². The summed E-state index contributed by atoms with van der Waals surface area (Å²) in [4.78, 5) is 7.51. The van der Waals surface area contributed by atoms with E-state index in [4.69, 9.17) is 28.9 Å². The fourth-order valence-electron chi connectivity index (χ4n) is 0.662. The normalized spacial score (nSPS) is 9.08. The Balaban J connectivity index is 2.85. The quantitative estimate of drug-likeness (QED) is 0.441. The van der Waals surface area contributed by atoms with E-state index >= 15 is 0 Å². The molecule has 0 bridgehead atoms. The number of nitrogens with two attached hydrogens (primary N) is 1. The van der Waals surface area contributed by atoms with Crippen molar-refractivity contribution in [2.75, 3.05) is 11.6 Å². The fraction of sp³-hybridized carbons (Fsp3) is 0.250. The van der Waals surface area contributed by atoms with Gasteiger partial charge in [-0.3, -0.25) is 0 Å². The number of nitrogens with zero attached hydrogens (tertiary/aromatic N) is 2. The molecule has 2 N–H and O–H groups in total. The van der Waals surface area contributed by atoms with E-state index < -0.39 is 0 Å². The van der Waals surface area contributed by atoms with Crippen molar-refractivity contribution in [3.05, 3.63) is 16.9 Å². The lowest BCUT2D eigenvalue weighted by molar-refractivity contribution is 1.17. The molecule has 0 saturated carbocycles. The molecule has 0 unspecified atom stereocenters. The molecule has 1 heterocycles. The number of rotatable bonds is 1. The molecule has 0 spiro atoms. The summed E-state index contributed by atoms with van der Waals surface area (Å²) in [5.74, 6) is 6.27. The van der Waals surface area contributed by atoms with Crippen molar-refractivity contribution in [3.8, 4) is 11.8 Å². The molecule has 0 amide bonds. The highest BCUT2D eigenvalue weighted by atomic mass is 35.5. The van der Waals surface area contributed by atoms with Gasteiger partial charge in [-0.15, -0.1) is 11.6 Å². The van der Waals surface area contributed by atoms with Crippen LogP contribution in [-0.4, -0.2) is 15.8 Å². The SMILES string of the molecule is Nc1ncc(C#CCCCl)c(Cl)n1. The molecule has 0 radical (unpaired) electrons. The first-order valence-corrected chi connectivity index (χ1v) is 4.48. The van der Waals surface area contributed by atoms with Crippen LogP contribution >= 0.6 is 23.2 Å². The minimum Gasteiger partial charge on any atom is -0.368 e. The Kier molecular flexibility index (Phi) is 3.81. The second kappa shape index (κ2) is 4.90. The van der Waals surface area contributed by atoms with Crippen molar-refractivity contribution in [1.29, 1.82) is 0 Å². The molecule has 1 rings (SSSR count). The van der Waals surface area contributed by atoms with Crippen LogP contribution in [-0.2, 0) is 0 Å². The maximum atomic E-state index is 5.74. The Labute approximate surface area is 86.3 Å². The molecule has 0 fully saturated rings. The maximum Gasteiger partial charge on any atom is 0.221 e. The van der Waals surface area contributed by atoms with Gasteiger partial charge in [0, 0.05) is 18.5 Å². The summed E-state index contributed by atoms with van der Waals surface area (Å²) in [6, 6.07) is 0. The summed E-state index contributed by atoms with van der Waals surface area (Å²) in [6.07, 6.45) is 2.11.